The monoisotopic (exact) mass is 434 g/mol. The number of H-pyrrole nitrogens is 1. The number of aromatic nitrogens is 4. The van der Waals surface area contributed by atoms with Crippen molar-refractivity contribution in [1.82, 2.24) is 19.7 Å². The maximum absolute atomic E-state index is 12.5. The Kier molecular flexibility index (Phi) is 6.44. The zero-order valence-electron chi connectivity index (χ0n) is 15.6. The summed E-state index contributed by atoms with van der Waals surface area (Å²) < 4.78 is 1.50. The van der Waals surface area contributed by atoms with Gasteiger partial charge in [-0.05, 0) is 13.3 Å². The highest BCUT2D eigenvalue weighted by molar-refractivity contribution is 8.00. The van der Waals surface area contributed by atoms with Crippen LogP contribution in [0.15, 0.2) is 39.6 Å². The lowest BCUT2D eigenvalue weighted by Gasteiger charge is -2.10. The number of carbonyl (C=O) groups excluding carboxylic acids is 1. The van der Waals surface area contributed by atoms with Gasteiger partial charge in [-0.2, -0.15) is 0 Å². The van der Waals surface area contributed by atoms with Gasteiger partial charge in [0, 0.05) is 29.6 Å². The molecule has 2 heterocycles. The highest BCUT2D eigenvalue weighted by atomic mass is 32.2. The first-order valence-electron chi connectivity index (χ1n) is 8.72. The largest absolute Gasteiger partial charge is 0.343 e. The predicted molar refractivity (Wildman–Crippen MR) is 111 cm³/mol. The number of rotatable bonds is 8. The van der Waals surface area contributed by atoms with E-state index in [4.69, 9.17) is 0 Å². The summed E-state index contributed by atoms with van der Waals surface area (Å²) in [6, 6.07) is 6.15. The van der Waals surface area contributed by atoms with Gasteiger partial charge in [0.1, 0.15) is 0 Å². The van der Waals surface area contributed by atoms with E-state index in [0.29, 0.717) is 28.1 Å². The van der Waals surface area contributed by atoms with Crippen LogP contribution in [0.5, 0.6) is 0 Å². The van der Waals surface area contributed by atoms with Crippen molar-refractivity contribution in [2.45, 2.75) is 37.2 Å². The minimum absolute atomic E-state index is 0.0248. The number of thiazole rings is 1. The number of hydrogen-bond acceptors (Lipinski definition) is 8. The molecular weight excluding hydrogens is 416 g/mol. The third-order valence-electron chi connectivity index (χ3n) is 3.91. The van der Waals surface area contributed by atoms with E-state index in [2.05, 4.69) is 20.5 Å². The molecule has 2 N–H and O–H groups in total. The first-order valence-corrected chi connectivity index (χ1v) is 10.5. The fourth-order valence-electron chi connectivity index (χ4n) is 2.48. The molecule has 0 saturated carbocycles. The molecule has 152 valence electrons. The topological polar surface area (TPSA) is 136 Å². The first-order chi connectivity index (χ1) is 13.9. The van der Waals surface area contributed by atoms with Crippen LogP contribution in [-0.4, -0.2) is 35.8 Å². The normalized spacial score (nSPS) is 11.9. The molecule has 12 heteroatoms. The van der Waals surface area contributed by atoms with Gasteiger partial charge < -0.3 is 5.32 Å². The fraction of sp³-hybridized carbons (Fsp3) is 0.294. The van der Waals surface area contributed by atoms with Crippen LogP contribution in [0.2, 0.25) is 0 Å². The average Bonchev–Trinajstić information content (AvgIpc) is 3.30. The molecule has 2 aromatic heterocycles. The molecule has 0 aliphatic heterocycles. The van der Waals surface area contributed by atoms with Gasteiger partial charge in [0.05, 0.1) is 15.9 Å². The number of non-ortho nitro benzene ring substituents is 1. The Hall–Kier alpha value is -2.99. The first kappa shape index (κ1) is 20.7. The molecule has 0 spiro atoms. The van der Waals surface area contributed by atoms with Crippen molar-refractivity contribution in [2.75, 3.05) is 5.32 Å². The molecule has 29 heavy (non-hydrogen) atoms. The lowest BCUT2D eigenvalue weighted by molar-refractivity contribution is -0.384. The predicted octanol–water partition coefficient (Wildman–Crippen LogP) is 3.13. The molecular formula is C17H18N6O4S2. The van der Waals surface area contributed by atoms with Crippen molar-refractivity contribution in [3.63, 3.8) is 0 Å². The van der Waals surface area contributed by atoms with E-state index in [0.717, 1.165) is 6.42 Å². The van der Waals surface area contributed by atoms with Crippen LogP contribution in [0.4, 0.5) is 10.8 Å². The van der Waals surface area contributed by atoms with E-state index < -0.39 is 10.2 Å². The number of nitrogens with one attached hydrogen (secondary N) is 2. The number of benzene rings is 1. The smallest absolute Gasteiger partial charge is 0.301 e. The van der Waals surface area contributed by atoms with Crippen molar-refractivity contribution in [3.8, 4) is 11.3 Å². The quantitative estimate of drug-likeness (QED) is 0.316. The lowest BCUT2D eigenvalue weighted by atomic mass is 10.1. The van der Waals surface area contributed by atoms with Gasteiger partial charge in [-0.1, -0.05) is 30.8 Å². The van der Waals surface area contributed by atoms with Crippen molar-refractivity contribution in [2.24, 2.45) is 0 Å². The number of thioether (sulfide) groups is 1. The Balaban J connectivity index is 1.68. The molecule has 1 atom stereocenters. The Morgan fingerprint density at radius 1 is 1.48 bits per heavy atom. The standard InChI is InChI=1S/C17H18N6O4S2/c1-3-7-22-16(25)20-21-17(22)29-10(2)14(24)19-15-18-13(9-28-15)11-5-4-6-12(8-11)23(26)27/h4-6,8-10H,3,7H2,1-2H3,(H,20,25)(H,18,19,24). The molecule has 0 saturated heterocycles. The van der Waals surface area contributed by atoms with Crippen molar-refractivity contribution >= 4 is 39.8 Å². The Labute approximate surface area is 173 Å². The highest BCUT2D eigenvalue weighted by Gasteiger charge is 2.20. The molecule has 0 bridgehead atoms. The van der Waals surface area contributed by atoms with E-state index in [1.165, 1.54) is 39.8 Å². The second kappa shape index (κ2) is 9.01. The van der Waals surface area contributed by atoms with Crippen LogP contribution in [0, 0.1) is 10.1 Å². The number of nitrogens with zero attached hydrogens (tertiary/aromatic N) is 4. The van der Waals surface area contributed by atoms with Gasteiger partial charge in [0.25, 0.3) is 5.69 Å². The average molecular weight is 435 g/mol. The number of amides is 1. The second-order valence-electron chi connectivity index (χ2n) is 6.06. The molecule has 0 fully saturated rings. The van der Waals surface area contributed by atoms with Crippen molar-refractivity contribution in [1.29, 1.82) is 0 Å². The Morgan fingerprint density at radius 2 is 2.28 bits per heavy atom. The van der Waals surface area contributed by atoms with E-state index in [1.807, 2.05) is 6.92 Å². The number of hydrogen-bond donors (Lipinski definition) is 2. The van der Waals surface area contributed by atoms with Crippen LogP contribution in [0.3, 0.4) is 0 Å². The third-order valence-corrected chi connectivity index (χ3v) is 5.76. The molecule has 0 aliphatic rings. The van der Waals surface area contributed by atoms with Crippen LogP contribution < -0.4 is 11.0 Å². The van der Waals surface area contributed by atoms with E-state index in [-0.39, 0.29) is 17.3 Å². The second-order valence-corrected chi connectivity index (χ2v) is 8.22. The summed E-state index contributed by atoms with van der Waals surface area (Å²) in [6.45, 7) is 4.18. The zero-order valence-corrected chi connectivity index (χ0v) is 17.2. The number of nitro benzene ring substituents is 1. The van der Waals surface area contributed by atoms with E-state index in [9.17, 15) is 19.7 Å². The van der Waals surface area contributed by atoms with Crippen molar-refractivity contribution in [3.05, 3.63) is 50.2 Å². The van der Waals surface area contributed by atoms with Crippen molar-refractivity contribution < 1.29 is 9.72 Å². The van der Waals surface area contributed by atoms with Gasteiger partial charge in [0.15, 0.2) is 10.3 Å². The zero-order chi connectivity index (χ0) is 21.0. The maximum Gasteiger partial charge on any atom is 0.343 e. The lowest BCUT2D eigenvalue weighted by Crippen LogP contribution is -2.24. The summed E-state index contributed by atoms with van der Waals surface area (Å²) >= 11 is 2.40. The van der Waals surface area contributed by atoms with Crippen LogP contribution in [-0.2, 0) is 11.3 Å². The molecule has 10 nitrogen and oxygen atoms in total. The summed E-state index contributed by atoms with van der Waals surface area (Å²) in [4.78, 5) is 39.1. The number of aromatic amines is 1. The molecule has 1 amide bonds. The SMILES string of the molecule is CCCn1c(SC(C)C(=O)Nc2nc(-c3cccc([N+](=O)[O-])c3)cs2)n[nH]c1=O. The molecule has 3 rings (SSSR count). The van der Waals surface area contributed by atoms with E-state index in [1.54, 1.807) is 24.4 Å². The summed E-state index contributed by atoms with van der Waals surface area (Å²) in [5.41, 5.74) is 0.809. The highest BCUT2D eigenvalue weighted by Crippen LogP contribution is 2.28. The molecule has 0 aliphatic carbocycles. The molecule has 1 aromatic carbocycles. The minimum atomic E-state index is -0.508. The third kappa shape index (κ3) is 4.90. The van der Waals surface area contributed by atoms with Gasteiger partial charge in [-0.3, -0.25) is 19.5 Å². The molecule has 3 aromatic rings. The van der Waals surface area contributed by atoms with Gasteiger partial charge >= 0.3 is 5.69 Å². The van der Waals surface area contributed by atoms with Crippen LogP contribution in [0.1, 0.15) is 20.3 Å². The minimum Gasteiger partial charge on any atom is -0.301 e. The molecule has 0 radical (unpaired) electrons. The number of carbonyl (C=O) groups is 1. The van der Waals surface area contributed by atoms with Gasteiger partial charge in [-0.15, -0.1) is 16.4 Å². The Bertz CT molecular complexity index is 1090. The van der Waals surface area contributed by atoms with Gasteiger partial charge in [0.2, 0.25) is 5.91 Å². The number of nitro groups is 1. The van der Waals surface area contributed by atoms with Crippen LogP contribution in [0.25, 0.3) is 11.3 Å². The summed E-state index contributed by atoms with van der Waals surface area (Å²) in [5.74, 6) is -0.284. The summed E-state index contributed by atoms with van der Waals surface area (Å²) in [6.07, 6.45) is 0.771. The summed E-state index contributed by atoms with van der Waals surface area (Å²) in [5, 5.41) is 22.1. The van der Waals surface area contributed by atoms with Gasteiger partial charge in [-0.25, -0.2) is 14.9 Å². The van der Waals surface area contributed by atoms with E-state index >= 15 is 0 Å². The summed E-state index contributed by atoms with van der Waals surface area (Å²) in [7, 11) is 0. The fourth-order valence-corrected chi connectivity index (χ4v) is 4.08. The number of anilines is 1. The van der Waals surface area contributed by atoms with Crippen LogP contribution >= 0.6 is 23.1 Å². The Morgan fingerprint density at radius 3 is 3.00 bits per heavy atom. The maximum atomic E-state index is 12.5. The molecule has 1 unspecified atom stereocenters.